The number of carbonyl (C=O) groups excluding carboxylic acids is 2. The first kappa shape index (κ1) is 15.0. The average Bonchev–Trinajstić information content (AvgIpc) is 2.48. The minimum absolute atomic E-state index is 0.0501. The van der Waals surface area contributed by atoms with E-state index in [1.54, 1.807) is 30.3 Å². The molecule has 2 aromatic rings. The van der Waals surface area contributed by atoms with Crippen LogP contribution in [-0.2, 0) is 4.79 Å². The molecule has 2 aromatic carbocycles. The van der Waals surface area contributed by atoms with E-state index >= 15 is 0 Å². The smallest absolute Gasteiger partial charge is 0.265 e. The molecule has 2 amide bonds. The van der Waals surface area contributed by atoms with Gasteiger partial charge in [-0.1, -0.05) is 46.3 Å². The normalized spacial score (nSPS) is 11.0. The Morgan fingerprint density at radius 1 is 1.00 bits per heavy atom. The van der Waals surface area contributed by atoms with Gasteiger partial charge in [0.15, 0.2) is 0 Å². The summed E-state index contributed by atoms with van der Waals surface area (Å²) < 4.78 is 0.869. The van der Waals surface area contributed by atoms with Crippen LogP contribution in [0.25, 0.3) is 6.08 Å². The number of hydrogen-bond donors (Lipinski definition) is 2. The number of amides is 2. The molecule has 0 aliphatic heterocycles. The van der Waals surface area contributed by atoms with E-state index in [2.05, 4.69) is 21.2 Å². The summed E-state index contributed by atoms with van der Waals surface area (Å²) in [5.74, 6) is -1.08. The van der Waals surface area contributed by atoms with Gasteiger partial charge in [0.1, 0.15) is 5.70 Å². The first-order chi connectivity index (χ1) is 10.1. The predicted molar refractivity (Wildman–Crippen MR) is 85.2 cm³/mol. The van der Waals surface area contributed by atoms with Crippen LogP contribution in [0.5, 0.6) is 0 Å². The van der Waals surface area contributed by atoms with Gasteiger partial charge < -0.3 is 11.1 Å². The highest BCUT2D eigenvalue weighted by Gasteiger charge is 2.11. The van der Waals surface area contributed by atoms with E-state index in [4.69, 9.17) is 5.73 Å². The van der Waals surface area contributed by atoms with Crippen molar-refractivity contribution in [3.8, 4) is 0 Å². The van der Waals surface area contributed by atoms with Crippen molar-refractivity contribution in [2.75, 3.05) is 0 Å². The Morgan fingerprint density at radius 3 is 2.19 bits per heavy atom. The highest BCUT2D eigenvalue weighted by atomic mass is 79.9. The summed E-state index contributed by atoms with van der Waals surface area (Å²) in [5.41, 5.74) is 6.58. The molecule has 21 heavy (non-hydrogen) atoms. The van der Waals surface area contributed by atoms with Crippen molar-refractivity contribution in [3.63, 3.8) is 0 Å². The van der Waals surface area contributed by atoms with Crippen molar-refractivity contribution in [1.29, 1.82) is 0 Å². The van der Waals surface area contributed by atoms with E-state index < -0.39 is 5.91 Å². The van der Waals surface area contributed by atoms with Crippen LogP contribution in [0.4, 0.5) is 0 Å². The first-order valence-corrected chi connectivity index (χ1v) is 6.99. The third kappa shape index (κ3) is 4.29. The molecule has 0 atom stereocenters. The summed E-state index contributed by atoms with van der Waals surface area (Å²) >= 11 is 3.30. The Labute approximate surface area is 130 Å². The average molecular weight is 345 g/mol. The van der Waals surface area contributed by atoms with Crippen molar-refractivity contribution < 1.29 is 9.59 Å². The second-order valence-electron chi connectivity index (χ2n) is 4.29. The number of nitrogens with two attached hydrogens (primary N) is 1. The van der Waals surface area contributed by atoms with Crippen molar-refractivity contribution in [2.45, 2.75) is 0 Å². The molecule has 0 aliphatic rings. The lowest BCUT2D eigenvalue weighted by Crippen LogP contribution is -2.31. The van der Waals surface area contributed by atoms with Gasteiger partial charge in [-0.05, 0) is 35.9 Å². The van der Waals surface area contributed by atoms with Gasteiger partial charge in [-0.25, -0.2) is 0 Å². The number of primary amides is 1. The van der Waals surface area contributed by atoms with Crippen LogP contribution >= 0.6 is 15.9 Å². The molecular weight excluding hydrogens is 332 g/mol. The summed E-state index contributed by atoms with van der Waals surface area (Å²) in [6.07, 6.45) is 1.54. The van der Waals surface area contributed by atoms with E-state index in [-0.39, 0.29) is 11.6 Å². The maximum absolute atomic E-state index is 12.1. The molecule has 0 unspecified atom stereocenters. The highest BCUT2D eigenvalue weighted by molar-refractivity contribution is 9.10. The fraction of sp³-hybridized carbons (Fsp3) is 0. The molecule has 0 bridgehead atoms. The number of rotatable bonds is 4. The Balaban J connectivity index is 2.21. The topological polar surface area (TPSA) is 72.2 Å². The van der Waals surface area contributed by atoms with Gasteiger partial charge >= 0.3 is 0 Å². The lowest BCUT2D eigenvalue weighted by Gasteiger charge is -2.07. The molecule has 0 saturated heterocycles. The minimum Gasteiger partial charge on any atom is -0.364 e. The number of carbonyl (C=O) groups is 2. The summed E-state index contributed by atoms with van der Waals surface area (Å²) in [5, 5.41) is 2.53. The van der Waals surface area contributed by atoms with Crippen LogP contribution in [0, 0.1) is 0 Å². The van der Waals surface area contributed by atoms with E-state index in [0.717, 1.165) is 10.0 Å². The molecule has 3 N–H and O–H groups in total. The second kappa shape index (κ2) is 6.85. The van der Waals surface area contributed by atoms with E-state index in [9.17, 15) is 9.59 Å². The number of nitrogens with one attached hydrogen (secondary N) is 1. The molecule has 0 spiro atoms. The summed E-state index contributed by atoms with van der Waals surface area (Å²) in [6.45, 7) is 0. The summed E-state index contributed by atoms with van der Waals surface area (Å²) in [7, 11) is 0. The van der Waals surface area contributed by atoms with Gasteiger partial charge in [-0.3, -0.25) is 9.59 Å². The third-order valence-corrected chi connectivity index (χ3v) is 3.26. The fourth-order valence-corrected chi connectivity index (χ4v) is 1.94. The predicted octanol–water partition coefficient (Wildman–Crippen LogP) is 2.71. The fourth-order valence-electron chi connectivity index (χ4n) is 1.68. The zero-order valence-electron chi connectivity index (χ0n) is 11.0. The number of halogens is 1. The molecule has 2 rings (SSSR count). The van der Waals surface area contributed by atoms with Crippen LogP contribution in [0.15, 0.2) is 64.8 Å². The largest absolute Gasteiger partial charge is 0.364 e. The van der Waals surface area contributed by atoms with Crippen LogP contribution < -0.4 is 11.1 Å². The van der Waals surface area contributed by atoms with Crippen LogP contribution in [-0.4, -0.2) is 11.8 Å². The molecule has 106 valence electrons. The van der Waals surface area contributed by atoms with Gasteiger partial charge in [0.2, 0.25) is 0 Å². The molecule has 0 aliphatic carbocycles. The van der Waals surface area contributed by atoms with E-state index in [1.807, 2.05) is 30.3 Å². The van der Waals surface area contributed by atoms with Crippen LogP contribution in [0.2, 0.25) is 0 Å². The minimum atomic E-state index is -0.690. The Morgan fingerprint density at radius 2 is 1.62 bits per heavy atom. The molecule has 0 fully saturated rings. The van der Waals surface area contributed by atoms with E-state index in [0.29, 0.717) is 5.56 Å². The van der Waals surface area contributed by atoms with Gasteiger partial charge in [0.25, 0.3) is 11.8 Å². The Hall–Kier alpha value is -2.40. The SMILES string of the molecule is NC(=O)C(=Cc1ccccc1)NC(=O)c1ccc(Br)cc1. The molecule has 5 heteroatoms. The Bertz CT molecular complexity index is 679. The molecule has 0 aromatic heterocycles. The third-order valence-electron chi connectivity index (χ3n) is 2.73. The highest BCUT2D eigenvalue weighted by Crippen LogP contribution is 2.11. The first-order valence-electron chi connectivity index (χ1n) is 6.20. The molecule has 0 saturated carbocycles. The monoisotopic (exact) mass is 344 g/mol. The Kier molecular flexibility index (Phi) is 4.90. The van der Waals surface area contributed by atoms with Crippen LogP contribution in [0.3, 0.4) is 0 Å². The summed E-state index contributed by atoms with van der Waals surface area (Å²) in [4.78, 5) is 23.5. The molecule has 0 radical (unpaired) electrons. The summed E-state index contributed by atoms with van der Waals surface area (Å²) in [6, 6.07) is 16.0. The zero-order chi connectivity index (χ0) is 15.2. The van der Waals surface area contributed by atoms with E-state index in [1.165, 1.54) is 0 Å². The van der Waals surface area contributed by atoms with Gasteiger partial charge in [0.05, 0.1) is 0 Å². The van der Waals surface area contributed by atoms with Crippen molar-refractivity contribution in [2.24, 2.45) is 5.73 Å². The van der Waals surface area contributed by atoms with Crippen molar-refractivity contribution in [3.05, 3.63) is 75.9 Å². The van der Waals surface area contributed by atoms with Gasteiger partial charge in [-0.15, -0.1) is 0 Å². The zero-order valence-corrected chi connectivity index (χ0v) is 12.6. The van der Waals surface area contributed by atoms with Gasteiger partial charge in [-0.2, -0.15) is 0 Å². The molecule has 4 nitrogen and oxygen atoms in total. The number of benzene rings is 2. The lowest BCUT2D eigenvalue weighted by atomic mass is 10.1. The maximum Gasteiger partial charge on any atom is 0.265 e. The molecule has 0 heterocycles. The van der Waals surface area contributed by atoms with Crippen molar-refractivity contribution in [1.82, 2.24) is 5.32 Å². The second-order valence-corrected chi connectivity index (χ2v) is 5.21. The molecular formula is C16H13BrN2O2. The number of hydrogen-bond acceptors (Lipinski definition) is 2. The van der Waals surface area contributed by atoms with Crippen LogP contribution in [0.1, 0.15) is 15.9 Å². The standard InChI is InChI=1S/C16H13BrN2O2/c17-13-8-6-12(7-9-13)16(21)19-14(15(18)20)10-11-4-2-1-3-5-11/h1-10H,(H2,18,20)(H,19,21). The quantitative estimate of drug-likeness (QED) is 0.837. The van der Waals surface area contributed by atoms with Gasteiger partial charge in [0, 0.05) is 10.0 Å². The maximum atomic E-state index is 12.1. The van der Waals surface area contributed by atoms with Crippen molar-refractivity contribution >= 4 is 33.8 Å². The lowest BCUT2D eigenvalue weighted by molar-refractivity contribution is -0.114.